The third-order valence-electron chi connectivity index (χ3n) is 2.28. The van der Waals surface area contributed by atoms with Crippen LogP contribution in [0.15, 0.2) is 35.1 Å². The van der Waals surface area contributed by atoms with Crippen molar-refractivity contribution < 1.29 is 4.79 Å². The standard InChI is InChI=1S/C12H10N2O2/c1-8-4-2-3-5-10(8)12-13-9(7-15)6-11(16)14-12/h2-7H,1H3,(H,13,14,16). The van der Waals surface area contributed by atoms with E-state index in [2.05, 4.69) is 9.97 Å². The summed E-state index contributed by atoms with van der Waals surface area (Å²) in [6.45, 7) is 1.92. The Morgan fingerprint density at radius 1 is 1.31 bits per heavy atom. The summed E-state index contributed by atoms with van der Waals surface area (Å²) in [4.78, 5) is 28.6. The molecule has 4 nitrogen and oxygen atoms in total. The van der Waals surface area contributed by atoms with E-state index in [-0.39, 0.29) is 11.3 Å². The average Bonchev–Trinajstić information content (AvgIpc) is 2.28. The van der Waals surface area contributed by atoms with Crippen LogP contribution in [0, 0.1) is 6.92 Å². The van der Waals surface area contributed by atoms with Gasteiger partial charge in [0.1, 0.15) is 11.5 Å². The average molecular weight is 214 g/mol. The quantitative estimate of drug-likeness (QED) is 0.771. The first-order chi connectivity index (χ1) is 7.70. The highest BCUT2D eigenvalue weighted by Crippen LogP contribution is 2.17. The van der Waals surface area contributed by atoms with Crippen LogP contribution in [-0.2, 0) is 0 Å². The largest absolute Gasteiger partial charge is 0.306 e. The Morgan fingerprint density at radius 3 is 2.75 bits per heavy atom. The van der Waals surface area contributed by atoms with E-state index < -0.39 is 0 Å². The first-order valence-corrected chi connectivity index (χ1v) is 4.83. The van der Waals surface area contributed by atoms with E-state index in [0.717, 1.165) is 11.1 Å². The second-order valence-electron chi connectivity index (χ2n) is 3.45. The van der Waals surface area contributed by atoms with Crippen LogP contribution in [0.25, 0.3) is 11.4 Å². The Hall–Kier alpha value is -2.23. The zero-order chi connectivity index (χ0) is 11.5. The number of nitrogens with zero attached hydrogens (tertiary/aromatic N) is 1. The molecular weight excluding hydrogens is 204 g/mol. The molecule has 0 aliphatic rings. The molecule has 0 saturated carbocycles. The Balaban J connectivity index is 2.65. The Morgan fingerprint density at radius 2 is 2.06 bits per heavy atom. The highest BCUT2D eigenvalue weighted by atomic mass is 16.1. The molecule has 0 amide bonds. The Bertz CT molecular complexity index is 588. The normalized spacial score (nSPS) is 10.1. The first kappa shape index (κ1) is 10.3. The molecule has 2 rings (SSSR count). The number of aromatic amines is 1. The molecule has 4 heteroatoms. The SMILES string of the molecule is Cc1ccccc1-c1nc(C=O)cc(=O)[nH]1. The van der Waals surface area contributed by atoms with E-state index in [1.54, 1.807) is 0 Å². The van der Waals surface area contributed by atoms with E-state index in [1.165, 1.54) is 6.07 Å². The van der Waals surface area contributed by atoms with Crippen molar-refractivity contribution in [1.82, 2.24) is 9.97 Å². The van der Waals surface area contributed by atoms with Gasteiger partial charge in [0.05, 0.1) is 0 Å². The fourth-order valence-electron chi connectivity index (χ4n) is 1.50. The number of aldehydes is 1. The summed E-state index contributed by atoms with van der Waals surface area (Å²) in [5.74, 6) is 0.424. The number of hydrogen-bond acceptors (Lipinski definition) is 3. The first-order valence-electron chi connectivity index (χ1n) is 4.83. The number of nitrogens with one attached hydrogen (secondary N) is 1. The summed E-state index contributed by atoms with van der Waals surface area (Å²) < 4.78 is 0. The highest BCUT2D eigenvalue weighted by Gasteiger charge is 2.05. The molecule has 0 saturated heterocycles. The maximum atomic E-state index is 11.3. The minimum atomic E-state index is -0.324. The van der Waals surface area contributed by atoms with E-state index >= 15 is 0 Å². The Labute approximate surface area is 92.0 Å². The van der Waals surface area contributed by atoms with Crippen LogP contribution in [0.3, 0.4) is 0 Å². The number of carbonyl (C=O) groups excluding carboxylic acids is 1. The van der Waals surface area contributed by atoms with Crippen LogP contribution in [0.2, 0.25) is 0 Å². The topological polar surface area (TPSA) is 62.8 Å². The molecule has 80 valence electrons. The predicted octanol–water partition coefficient (Wildman–Crippen LogP) is 1.56. The number of carbonyl (C=O) groups is 1. The van der Waals surface area contributed by atoms with Gasteiger partial charge in [-0.15, -0.1) is 0 Å². The molecule has 0 unspecified atom stereocenters. The van der Waals surface area contributed by atoms with Gasteiger partial charge in [0.25, 0.3) is 5.56 Å². The molecule has 0 bridgehead atoms. The van der Waals surface area contributed by atoms with Gasteiger partial charge in [-0.05, 0) is 12.5 Å². The molecule has 0 radical (unpaired) electrons. The van der Waals surface area contributed by atoms with E-state index in [1.807, 2.05) is 31.2 Å². The molecule has 0 aliphatic heterocycles. The molecular formula is C12H10N2O2. The van der Waals surface area contributed by atoms with Gasteiger partial charge in [-0.2, -0.15) is 0 Å². The molecule has 2 aromatic rings. The molecule has 16 heavy (non-hydrogen) atoms. The summed E-state index contributed by atoms with van der Waals surface area (Å²) in [6.07, 6.45) is 0.566. The van der Waals surface area contributed by atoms with Crippen molar-refractivity contribution in [3.8, 4) is 11.4 Å². The van der Waals surface area contributed by atoms with Crippen LogP contribution < -0.4 is 5.56 Å². The number of rotatable bonds is 2. The van der Waals surface area contributed by atoms with Gasteiger partial charge in [0.2, 0.25) is 0 Å². The summed E-state index contributed by atoms with van der Waals surface area (Å²) in [7, 11) is 0. The number of aromatic nitrogens is 2. The molecule has 1 heterocycles. The van der Waals surface area contributed by atoms with Crippen molar-refractivity contribution in [3.63, 3.8) is 0 Å². The minimum Gasteiger partial charge on any atom is -0.306 e. The molecule has 1 aromatic heterocycles. The van der Waals surface area contributed by atoms with Gasteiger partial charge in [0.15, 0.2) is 6.29 Å². The van der Waals surface area contributed by atoms with Gasteiger partial charge in [-0.25, -0.2) is 4.98 Å². The van der Waals surface area contributed by atoms with Crippen molar-refractivity contribution in [2.45, 2.75) is 6.92 Å². The summed E-state index contributed by atoms with van der Waals surface area (Å²) in [5.41, 5.74) is 1.63. The number of aryl methyl sites for hydroxylation is 1. The number of benzene rings is 1. The summed E-state index contributed by atoms with van der Waals surface area (Å²) >= 11 is 0. The monoisotopic (exact) mass is 214 g/mol. The lowest BCUT2D eigenvalue weighted by Gasteiger charge is -2.04. The lowest BCUT2D eigenvalue weighted by Crippen LogP contribution is -2.10. The van der Waals surface area contributed by atoms with Crippen LogP contribution in [0.1, 0.15) is 16.1 Å². The molecule has 1 N–H and O–H groups in total. The maximum Gasteiger partial charge on any atom is 0.251 e. The van der Waals surface area contributed by atoms with Gasteiger partial charge < -0.3 is 4.98 Å². The summed E-state index contributed by atoms with van der Waals surface area (Å²) in [6, 6.07) is 8.70. The minimum absolute atomic E-state index is 0.141. The van der Waals surface area contributed by atoms with Crippen molar-refractivity contribution in [2.24, 2.45) is 0 Å². The number of hydrogen-bond donors (Lipinski definition) is 1. The van der Waals surface area contributed by atoms with Crippen molar-refractivity contribution in [3.05, 3.63) is 51.9 Å². The van der Waals surface area contributed by atoms with Crippen LogP contribution in [0.4, 0.5) is 0 Å². The molecule has 0 fully saturated rings. The van der Waals surface area contributed by atoms with Gasteiger partial charge in [-0.1, -0.05) is 24.3 Å². The Kier molecular flexibility index (Phi) is 2.64. The van der Waals surface area contributed by atoms with E-state index in [4.69, 9.17) is 0 Å². The number of H-pyrrole nitrogens is 1. The van der Waals surface area contributed by atoms with Gasteiger partial charge >= 0.3 is 0 Å². The fraction of sp³-hybridized carbons (Fsp3) is 0.0833. The van der Waals surface area contributed by atoms with Crippen LogP contribution in [-0.4, -0.2) is 16.3 Å². The third-order valence-corrected chi connectivity index (χ3v) is 2.28. The van der Waals surface area contributed by atoms with Crippen molar-refractivity contribution in [1.29, 1.82) is 0 Å². The molecule has 0 spiro atoms. The molecule has 1 aromatic carbocycles. The maximum absolute atomic E-state index is 11.3. The lowest BCUT2D eigenvalue weighted by molar-refractivity contribution is 0.111. The fourth-order valence-corrected chi connectivity index (χ4v) is 1.50. The van der Waals surface area contributed by atoms with Crippen molar-refractivity contribution >= 4 is 6.29 Å². The molecule has 0 aliphatic carbocycles. The molecule has 0 atom stereocenters. The lowest BCUT2D eigenvalue weighted by atomic mass is 10.1. The smallest absolute Gasteiger partial charge is 0.251 e. The van der Waals surface area contributed by atoms with E-state index in [9.17, 15) is 9.59 Å². The van der Waals surface area contributed by atoms with Gasteiger partial charge in [-0.3, -0.25) is 9.59 Å². The van der Waals surface area contributed by atoms with Crippen molar-refractivity contribution in [2.75, 3.05) is 0 Å². The van der Waals surface area contributed by atoms with E-state index in [0.29, 0.717) is 12.1 Å². The zero-order valence-corrected chi connectivity index (χ0v) is 8.73. The van der Waals surface area contributed by atoms with Crippen LogP contribution in [0.5, 0.6) is 0 Å². The third kappa shape index (κ3) is 1.91. The zero-order valence-electron chi connectivity index (χ0n) is 8.73. The highest BCUT2D eigenvalue weighted by molar-refractivity contribution is 5.73. The second-order valence-corrected chi connectivity index (χ2v) is 3.45. The van der Waals surface area contributed by atoms with Gasteiger partial charge in [0, 0.05) is 11.6 Å². The second kappa shape index (κ2) is 4.10. The summed E-state index contributed by atoms with van der Waals surface area (Å²) in [5, 5.41) is 0. The van der Waals surface area contributed by atoms with Crippen LogP contribution >= 0.6 is 0 Å². The predicted molar refractivity (Wildman–Crippen MR) is 60.4 cm³/mol.